The van der Waals surface area contributed by atoms with Crippen molar-refractivity contribution >= 4 is 29.7 Å². The summed E-state index contributed by atoms with van der Waals surface area (Å²) in [6, 6.07) is 5.82. The first-order valence-electron chi connectivity index (χ1n) is 7.06. The van der Waals surface area contributed by atoms with Crippen LogP contribution in [-0.4, -0.2) is 18.0 Å². The molecule has 0 radical (unpaired) electrons. The van der Waals surface area contributed by atoms with Crippen LogP contribution in [0.25, 0.3) is 0 Å². The van der Waals surface area contributed by atoms with Gasteiger partial charge in [0.2, 0.25) is 5.91 Å². The Kier molecular flexibility index (Phi) is 4.25. The van der Waals surface area contributed by atoms with Crippen molar-refractivity contribution in [3.05, 3.63) is 23.8 Å². The van der Waals surface area contributed by atoms with Gasteiger partial charge >= 0.3 is 0 Å². The fourth-order valence-corrected chi connectivity index (χ4v) is 3.12. The van der Waals surface area contributed by atoms with Crippen molar-refractivity contribution in [3.8, 4) is 0 Å². The Morgan fingerprint density at radius 1 is 1.30 bits per heavy atom. The minimum absolute atomic E-state index is 0. The zero-order valence-electron chi connectivity index (χ0n) is 11.6. The molecule has 1 heterocycles. The molecule has 1 amide bonds. The van der Waals surface area contributed by atoms with Crippen molar-refractivity contribution in [2.45, 2.75) is 44.1 Å². The molecule has 2 aliphatic rings. The van der Waals surface area contributed by atoms with Crippen LogP contribution in [0.15, 0.2) is 18.2 Å². The average Bonchev–Trinajstić information content (AvgIpc) is 2.37. The van der Waals surface area contributed by atoms with E-state index in [4.69, 9.17) is 11.5 Å². The summed E-state index contributed by atoms with van der Waals surface area (Å²) in [6.07, 6.45) is 5.48. The molecule has 20 heavy (non-hydrogen) atoms. The van der Waals surface area contributed by atoms with Gasteiger partial charge in [0, 0.05) is 29.9 Å². The van der Waals surface area contributed by atoms with E-state index in [1.807, 2.05) is 23.1 Å². The fourth-order valence-electron chi connectivity index (χ4n) is 3.12. The molecule has 0 unspecified atom stereocenters. The topological polar surface area (TPSA) is 72.3 Å². The molecule has 0 saturated heterocycles. The van der Waals surface area contributed by atoms with Crippen LogP contribution in [0.3, 0.4) is 0 Å². The Morgan fingerprint density at radius 3 is 2.70 bits per heavy atom. The number of benzene rings is 1. The number of amides is 1. The molecule has 0 bridgehead atoms. The van der Waals surface area contributed by atoms with Crippen LogP contribution in [0.5, 0.6) is 0 Å². The Morgan fingerprint density at radius 2 is 2.05 bits per heavy atom. The Hall–Kier alpha value is -1.26. The minimum atomic E-state index is -0.255. The van der Waals surface area contributed by atoms with E-state index >= 15 is 0 Å². The Bertz CT molecular complexity index is 514. The number of fused-ring (bicyclic) bond motifs is 1. The minimum Gasteiger partial charge on any atom is -0.398 e. The maximum absolute atomic E-state index is 12.5. The second kappa shape index (κ2) is 5.62. The molecular formula is C15H22ClN3O. The van der Waals surface area contributed by atoms with Crippen molar-refractivity contribution in [1.82, 2.24) is 0 Å². The van der Waals surface area contributed by atoms with E-state index in [9.17, 15) is 4.79 Å². The highest BCUT2D eigenvalue weighted by Gasteiger charge is 2.37. The van der Waals surface area contributed by atoms with E-state index in [0.717, 1.165) is 55.6 Å². The second-order valence-corrected chi connectivity index (χ2v) is 5.89. The summed E-state index contributed by atoms with van der Waals surface area (Å²) < 4.78 is 0. The number of carbonyl (C=O) groups excluding carboxylic acids is 1. The maximum Gasteiger partial charge on any atom is 0.228 e. The summed E-state index contributed by atoms with van der Waals surface area (Å²) >= 11 is 0. The molecule has 1 fully saturated rings. The molecule has 5 heteroatoms. The largest absolute Gasteiger partial charge is 0.398 e. The number of halogens is 1. The first-order valence-corrected chi connectivity index (χ1v) is 7.06. The average molecular weight is 296 g/mol. The lowest BCUT2D eigenvalue weighted by Crippen LogP contribution is -2.51. The molecule has 1 aromatic rings. The van der Waals surface area contributed by atoms with Crippen molar-refractivity contribution in [1.29, 1.82) is 0 Å². The van der Waals surface area contributed by atoms with Crippen LogP contribution in [0, 0.1) is 0 Å². The van der Waals surface area contributed by atoms with Crippen LogP contribution >= 0.6 is 12.4 Å². The van der Waals surface area contributed by atoms with Gasteiger partial charge in [-0.2, -0.15) is 0 Å². The highest BCUT2D eigenvalue weighted by atomic mass is 35.5. The zero-order valence-corrected chi connectivity index (χ0v) is 12.4. The van der Waals surface area contributed by atoms with Crippen molar-refractivity contribution < 1.29 is 4.79 Å². The number of hydrogen-bond acceptors (Lipinski definition) is 3. The first-order chi connectivity index (χ1) is 9.09. The number of anilines is 2. The van der Waals surface area contributed by atoms with Gasteiger partial charge in [0.1, 0.15) is 0 Å². The molecule has 1 aliphatic heterocycles. The third kappa shape index (κ3) is 2.63. The standard InChI is InChI=1S/C15H21N3O.ClH/c16-12-5-1-6-13-11(12)4-2-9-18(13)14(19)10-15(17)7-3-8-15;/h1,5-6H,2-4,7-10,16-17H2;1H. The highest BCUT2D eigenvalue weighted by Crippen LogP contribution is 2.36. The summed E-state index contributed by atoms with van der Waals surface area (Å²) in [5, 5.41) is 0. The van der Waals surface area contributed by atoms with Gasteiger partial charge in [-0.1, -0.05) is 6.07 Å². The quantitative estimate of drug-likeness (QED) is 0.822. The van der Waals surface area contributed by atoms with Crippen LogP contribution in [0.2, 0.25) is 0 Å². The summed E-state index contributed by atoms with van der Waals surface area (Å²) in [7, 11) is 0. The molecule has 4 N–H and O–H groups in total. The molecule has 3 rings (SSSR count). The van der Waals surface area contributed by atoms with Gasteiger partial charge in [-0.25, -0.2) is 0 Å². The first kappa shape index (κ1) is 15.1. The number of rotatable bonds is 2. The van der Waals surface area contributed by atoms with Gasteiger partial charge < -0.3 is 16.4 Å². The lowest BCUT2D eigenvalue weighted by molar-refractivity contribution is -0.120. The van der Waals surface area contributed by atoms with E-state index in [-0.39, 0.29) is 23.9 Å². The predicted octanol–water partition coefficient (Wildman–Crippen LogP) is 2.24. The van der Waals surface area contributed by atoms with Crippen LogP contribution in [0.4, 0.5) is 11.4 Å². The van der Waals surface area contributed by atoms with Gasteiger partial charge in [0.05, 0.1) is 0 Å². The third-order valence-corrected chi connectivity index (χ3v) is 4.44. The number of nitrogens with two attached hydrogens (primary N) is 2. The number of nitrogens with zero attached hydrogens (tertiary/aromatic N) is 1. The normalized spacial score (nSPS) is 19.6. The van der Waals surface area contributed by atoms with Gasteiger partial charge in [-0.05, 0) is 49.8 Å². The summed E-state index contributed by atoms with van der Waals surface area (Å²) in [4.78, 5) is 14.4. The summed E-state index contributed by atoms with van der Waals surface area (Å²) in [6.45, 7) is 0.783. The summed E-state index contributed by atoms with van der Waals surface area (Å²) in [5.41, 5.74) is 14.8. The van der Waals surface area contributed by atoms with Crippen molar-refractivity contribution in [3.63, 3.8) is 0 Å². The van der Waals surface area contributed by atoms with E-state index in [2.05, 4.69) is 0 Å². The van der Waals surface area contributed by atoms with E-state index < -0.39 is 0 Å². The van der Waals surface area contributed by atoms with Crippen molar-refractivity contribution in [2.24, 2.45) is 5.73 Å². The molecule has 1 aromatic carbocycles. The van der Waals surface area contributed by atoms with Crippen LogP contribution in [0.1, 0.15) is 37.7 Å². The van der Waals surface area contributed by atoms with E-state index in [0.29, 0.717) is 6.42 Å². The maximum atomic E-state index is 12.5. The number of hydrogen-bond donors (Lipinski definition) is 2. The number of nitrogen functional groups attached to an aromatic ring is 1. The zero-order chi connectivity index (χ0) is 13.5. The number of carbonyl (C=O) groups is 1. The second-order valence-electron chi connectivity index (χ2n) is 5.89. The molecule has 4 nitrogen and oxygen atoms in total. The van der Waals surface area contributed by atoms with Gasteiger partial charge in [-0.15, -0.1) is 12.4 Å². The summed E-state index contributed by atoms with van der Waals surface area (Å²) in [5.74, 6) is 0.147. The Labute approximate surface area is 125 Å². The molecule has 0 atom stereocenters. The van der Waals surface area contributed by atoms with Gasteiger partial charge in [-0.3, -0.25) is 4.79 Å². The lowest BCUT2D eigenvalue weighted by atomic mass is 9.75. The van der Waals surface area contributed by atoms with Crippen LogP contribution in [-0.2, 0) is 11.2 Å². The van der Waals surface area contributed by atoms with Gasteiger partial charge in [0.25, 0.3) is 0 Å². The molecule has 0 aromatic heterocycles. The Balaban J connectivity index is 0.00000147. The molecule has 1 saturated carbocycles. The SMILES string of the molecule is Cl.Nc1cccc2c1CCCN2C(=O)CC1(N)CCC1. The van der Waals surface area contributed by atoms with E-state index in [1.54, 1.807) is 0 Å². The molecular weight excluding hydrogens is 274 g/mol. The molecule has 1 aliphatic carbocycles. The highest BCUT2D eigenvalue weighted by molar-refractivity contribution is 5.96. The van der Waals surface area contributed by atoms with E-state index in [1.165, 1.54) is 0 Å². The monoisotopic (exact) mass is 295 g/mol. The van der Waals surface area contributed by atoms with Crippen molar-refractivity contribution in [2.75, 3.05) is 17.2 Å². The molecule has 110 valence electrons. The third-order valence-electron chi connectivity index (χ3n) is 4.44. The lowest BCUT2D eigenvalue weighted by Gasteiger charge is -2.40. The predicted molar refractivity (Wildman–Crippen MR) is 84.2 cm³/mol. The smallest absolute Gasteiger partial charge is 0.228 e. The van der Waals surface area contributed by atoms with Crippen LogP contribution < -0.4 is 16.4 Å². The van der Waals surface area contributed by atoms with Gasteiger partial charge in [0.15, 0.2) is 0 Å². The molecule has 0 spiro atoms. The fraction of sp³-hybridized carbons (Fsp3) is 0.533.